The SMILES string of the molecule is CCN[Si+](CCCN)OCC.[CH2-]C.[U]. The standard InChI is InChI=1S/C7H19N2OSi.C2H5.U/c1-3-9-11(10-4-2)7-5-6-8;1-2;/h9H,3-8H2,1-2H3;1H2,2H3;/q+1;-1;. The predicted octanol–water partition coefficient (Wildman–Crippen LogP) is 1.31. The second kappa shape index (κ2) is 19.7. The molecule has 0 aliphatic rings. The average molecular weight is 442 g/mol. The maximum atomic E-state index is 5.52. The Morgan fingerprint density at radius 1 is 1.36 bits per heavy atom. The summed E-state index contributed by atoms with van der Waals surface area (Å²) in [4.78, 5) is 3.34. The maximum Gasteiger partial charge on any atom is 0.568 e. The first-order valence-corrected chi connectivity index (χ1v) is 6.59. The summed E-state index contributed by atoms with van der Waals surface area (Å²) in [6, 6.07) is 1.11. The van der Waals surface area contributed by atoms with Gasteiger partial charge in [-0.3, -0.25) is 0 Å². The number of nitrogens with one attached hydrogen (secondary N) is 1. The summed E-state index contributed by atoms with van der Waals surface area (Å²) in [5, 5.41) is 0. The Morgan fingerprint density at radius 3 is 2.29 bits per heavy atom. The molecule has 0 bridgehead atoms. The molecule has 0 aromatic rings. The van der Waals surface area contributed by atoms with Gasteiger partial charge in [0.05, 0.1) is 6.61 Å². The molecule has 5 heteroatoms. The van der Waals surface area contributed by atoms with E-state index in [-0.39, 0.29) is 31.1 Å². The molecule has 0 saturated heterocycles. The third-order valence-electron chi connectivity index (χ3n) is 1.30. The molecule has 3 nitrogen and oxygen atoms in total. The van der Waals surface area contributed by atoms with Crippen LogP contribution in [0.25, 0.3) is 0 Å². The largest absolute Gasteiger partial charge is 0.568 e. The summed E-state index contributed by atoms with van der Waals surface area (Å²) >= 11 is 0. The summed E-state index contributed by atoms with van der Waals surface area (Å²) < 4.78 is 5.52. The molecule has 84 valence electrons. The van der Waals surface area contributed by atoms with Gasteiger partial charge in [-0.25, -0.2) is 4.43 Å². The maximum absolute atomic E-state index is 5.52. The fraction of sp³-hybridized carbons (Fsp3) is 0.889. The van der Waals surface area contributed by atoms with Crippen molar-refractivity contribution in [2.75, 3.05) is 19.7 Å². The van der Waals surface area contributed by atoms with Crippen LogP contribution in [0.1, 0.15) is 27.2 Å². The molecule has 0 unspecified atom stereocenters. The van der Waals surface area contributed by atoms with Gasteiger partial charge in [0, 0.05) is 37.7 Å². The van der Waals surface area contributed by atoms with Crippen LogP contribution in [0.5, 0.6) is 0 Å². The second-order valence-corrected chi connectivity index (χ2v) is 4.27. The third-order valence-corrected chi connectivity index (χ3v) is 3.49. The van der Waals surface area contributed by atoms with Crippen molar-refractivity contribution < 1.29 is 35.5 Å². The van der Waals surface area contributed by atoms with E-state index in [1.165, 1.54) is 0 Å². The Hall–Kier alpha value is 1.15. The molecular weight excluding hydrogens is 418 g/mol. The number of nitrogens with two attached hydrogens (primary N) is 1. The smallest absolute Gasteiger partial charge is 0.346 e. The van der Waals surface area contributed by atoms with Crippen LogP contribution in [-0.2, 0) is 4.43 Å². The zero-order chi connectivity index (χ0) is 10.5. The molecule has 0 fully saturated rings. The minimum atomic E-state index is -0.739. The van der Waals surface area contributed by atoms with Crippen LogP contribution in [0.4, 0.5) is 0 Å². The van der Waals surface area contributed by atoms with Crippen LogP contribution in [0, 0.1) is 38.0 Å². The summed E-state index contributed by atoms with van der Waals surface area (Å²) in [6.45, 7) is 11.7. The third kappa shape index (κ3) is 15.6. The first kappa shape index (κ1) is 20.5. The molecule has 0 amide bonds. The molecule has 0 atom stereocenters. The Labute approximate surface area is 115 Å². The van der Waals surface area contributed by atoms with Crippen LogP contribution >= 0.6 is 0 Å². The first-order chi connectivity index (χ1) is 6.35. The predicted molar refractivity (Wildman–Crippen MR) is 60.6 cm³/mol. The van der Waals surface area contributed by atoms with Crippen molar-refractivity contribution in [1.82, 2.24) is 4.98 Å². The molecule has 0 saturated carbocycles. The number of hydrogen-bond acceptors (Lipinski definition) is 3. The van der Waals surface area contributed by atoms with E-state index in [4.69, 9.17) is 10.2 Å². The molecule has 0 spiro atoms. The normalized spacial score (nSPS) is 8.36. The molecule has 0 rings (SSSR count). The van der Waals surface area contributed by atoms with Gasteiger partial charge in [-0.1, -0.05) is 0 Å². The molecule has 14 heavy (non-hydrogen) atoms. The van der Waals surface area contributed by atoms with Gasteiger partial charge in [0.25, 0.3) is 0 Å². The molecular formula is C9H24N2OSiU. The van der Waals surface area contributed by atoms with E-state index in [1.54, 1.807) is 6.92 Å². The zero-order valence-corrected chi connectivity index (χ0v) is 14.9. The van der Waals surface area contributed by atoms with E-state index in [2.05, 4.69) is 18.8 Å². The van der Waals surface area contributed by atoms with Crippen LogP contribution in [0.15, 0.2) is 0 Å². The number of hydrogen-bond donors (Lipinski definition) is 2. The van der Waals surface area contributed by atoms with Crippen LogP contribution in [-0.4, -0.2) is 28.9 Å². The van der Waals surface area contributed by atoms with Gasteiger partial charge in [0.2, 0.25) is 0 Å². The van der Waals surface area contributed by atoms with Crippen molar-refractivity contribution in [3.63, 3.8) is 0 Å². The molecule has 3 N–H and O–H groups in total. The van der Waals surface area contributed by atoms with Gasteiger partial charge in [0.1, 0.15) is 6.04 Å². The van der Waals surface area contributed by atoms with Crippen LogP contribution < -0.4 is 10.7 Å². The van der Waals surface area contributed by atoms with Gasteiger partial charge in [-0.15, -0.1) is 0 Å². The molecule has 0 aromatic heterocycles. The summed E-state index contributed by atoms with van der Waals surface area (Å²) in [6.07, 6.45) is 1.07. The van der Waals surface area contributed by atoms with Crippen molar-refractivity contribution in [1.29, 1.82) is 0 Å². The van der Waals surface area contributed by atoms with Crippen molar-refractivity contribution in [3.05, 3.63) is 6.92 Å². The van der Waals surface area contributed by atoms with E-state index < -0.39 is 9.20 Å². The van der Waals surface area contributed by atoms with E-state index in [0.717, 1.165) is 32.2 Å². The Bertz CT molecular complexity index is 83.2. The van der Waals surface area contributed by atoms with Crippen molar-refractivity contribution in [3.8, 4) is 0 Å². The monoisotopic (exact) mass is 442 g/mol. The van der Waals surface area contributed by atoms with Crippen molar-refractivity contribution in [2.24, 2.45) is 5.73 Å². The zero-order valence-electron chi connectivity index (χ0n) is 9.73. The van der Waals surface area contributed by atoms with Gasteiger partial charge in [-0.05, 0) is 26.8 Å². The minimum absolute atomic E-state index is 0. The second-order valence-electron chi connectivity index (χ2n) is 2.28. The molecule has 0 aliphatic carbocycles. The summed E-state index contributed by atoms with van der Waals surface area (Å²) in [5.41, 5.74) is 5.40. The van der Waals surface area contributed by atoms with Crippen molar-refractivity contribution >= 4 is 9.20 Å². The van der Waals surface area contributed by atoms with E-state index in [9.17, 15) is 0 Å². The van der Waals surface area contributed by atoms with E-state index in [0.29, 0.717) is 0 Å². The quantitative estimate of drug-likeness (QED) is 0.462. The molecule has 0 radical (unpaired) electrons. The van der Waals surface area contributed by atoms with Gasteiger partial charge >= 0.3 is 9.20 Å². The Balaban J connectivity index is -0.000000376. The summed E-state index contributed by atoms with van der Waals surface area (Å²) in [7, 11) is -0.739. The molecule has 0 aromatic carbocycles. The fourth-order valence-electron chi connectivity index (χ4n) is 0.846. The minimum Gasteiger partial charge on any atom is -0.346 e. The van der Waals surface area contributed by atoms with E-state index >= 15 is 0 Å². The van der Waals surface area contributed by atoms with Crippen LogP contribution in [0.3, 0.4) is 0 Å². The van der Waals surface area contributed by atoms with Gasteiger partial charge in [0.15, 0.2) is 0 Å². The first-order valence-electron chi connectivity index (χ1n) is 4.98. The fourth-order valence-corrected chi connectivity index (χ4v) is 2.54. The van der Waals surface area contributed by atoms with E-state index in [1.807, 2.05) is 6.92 Å². The molecule has 0 heterocycles. The Morgan fingerprint density at radius 2 is 1.93 bits per heavy atom. The summed E-state index contributed by atoms with van der Waals surface area (Å²) in [5.74, 6) is 0. The Kier molecular flexibility index (Phi) is 28.9. The van der Waals surface area contributed by atoms with Crippen LogP contribution in [0.2, 0.25) is 6.04 Å². The van der Waals surface area contributed by atoms with Gasteiger partial charge in [-0.2, -0.15) is 11.9 Å². The average Bonchev–Trinajstić information content (AvgIpc) is 2.18. The topological polar surface area (TPSA) is 47.3 Å². The molecule has 0 aliphatic heterocycles. The van der Waals surface area contributed by atoms with Gasteiger partial charge < -0.3 is 12.7 Å². The number of rotatable bonds is 7. The van der Waals surface area contributed by atoms with Crippen molar-refractivity contribution in [2.45, 2.75) is 33.2 Å².